The monoisotopic (exact) mass is 148 g/mol. The van der Waals surface area contributed by atoms with Crippen LogP contribution in [0.3, 0.4) is 0 Å². The second-order valence-electron chi connectivity index (χ2n) is 2.06. The highest BCUT2D eigenvalue weighted by Crippen LogP contribution is 2.17. The molecule has 0 spiro atoms. The van der Waals surface area contributed by atoms with Crippen molar-refractivity contribution in [2.75, 3.05) is 11.2 Å². The predicted octanol–water partition coefficient (Wildman–Crippen LogP) is 0.426. The van der Waals surface area contributed by atoms with E-state index in [1.165, 1.54) is 0 Å². The van der Waals surface area contributed by atoms with E-state index in [-0.39, 0.29) is 0 Å². The molecule has 1 rings (SSSR count). The highest BCUT2D eigenvalue weighted by molar-refractivity contribution is 5.67. The lowest BCUT2D eigenvalue weighted by molar-refractivity contribution is 1.35. The molecule has 0 heterocycles. The molecule has 56 valence electrons. The molecule has 0 atom stereocenters. The molecule has 0 aliphatic carbocycles. The summed E-state index contributed by atoms with van der Waals surface area (Å²) in [6.07, 6.45) is 0. The molecule has 4 nitrogen and oxygen atoms in total. The van der Waals surface area contributed by atoms with Crippen LogP contribution in [0.1, 0.15) is 5.56 Å². The minimum atomic E-state index is 0.534. The summed E-state index contributed by atoms with van der Waals surface area (Å²) < 4.78 is 0. The van der Waals surface area contributed by atoms with E-state index in [0.717, 1.165) is 0 Å². The van der Waals surface area contributed by atoms with Gasteiger partial charge in [0.1, 0.15) is 0 Å². The number of rotatable bonds is 1. The van der Waals surface area contributed by atoms with Crippen molar-refractivity contribution in [3.05, 3.63) is 23.8 Å². The Morgan fingerprint density at radius 2 is 2.18 bits per heavy atom. The van der Waals surface area contributed by atoms with E-state index in [4.69, 9.17) is 16.8 Å². The molecule has 0 fully saturated rings. The number of benzene rings is 1. The first kappa shape index (κ1) is 7.38. The van der Waals surface area contributed by atoms with Crippen LogP contribution < -0.4 is 17.0 Å². The Labute approximate surface area is 64.4 Å². The lowest BCUT2D eigenvalue weighted by atomic mass is 10.2. The van der Waals surface area contributed by atoms with Crippen molar-refractivity contribution in [1.29, 1.82) is 5.26 Å². The Morgan fingerprint density at radius 1 is 1.45 bits per heavy atom. The van der Waals surface area contributed by atoms with Gasteiger partial charge in [0, 0.05) is 0 Å². The summed E-state index contributed by atoms with van der Waals surface area (Å²) in [5.41, 5.74) is 9.54. The van der Waals surface area contributed by atoms with Crippen molar-refractivity contribution in [2.24, 2.45) is 5.84 Å². The fourth-order valence-corrected chi connectivity index (χ4v) is 0.751. The number of hydrogen-bond acceptors (Lipinski definition) is 4. The van der Waals surface area contributed by atoms with Gasteiger partial charge < -0.3 is 11.2 Å². The maximum Gasteiger partial charge on any atom is 0.0992 e. The zero-order valence-corrected chi connectivity index (χ0v) is 5.83. The van der Waals surface area contributed by atoms with Gasteiger partial charge in [-0.05, 0) is 18.2 Å². The van der Waals surface area contributed by atoms with Crippen molar-refractivity contribution in [1.82, 2.24) is 0 Å². The number of nitrogens with zero attached hydrogens (tertiary/aromatic N) is 1. The minimum absolute atomic E-state index is 0.534. The van der Waals surface area contributed by atoms with Crippen molar-refractivity contribution in [2.45, 2.75) is 0 Å². The fourth-order valence-electron chi connectivity index (χ4n) is 0.751. The first-order valence-electron chi connectivity index (χ1n) is 3.04. The van der Waals surface area contributed by atoms with E-state index in [9.17, 15) is 0 Å². The zero-order chi connectivity index (χ0) is 8.27. The van der Waals surface area contributed by atoms with E-state index in [2.05, 4.69) is 5.43 Å². The molecule has 0 bridgehead atoms. The van der Waals surface area contributed by atoms with Gasteiger partial charge in [0.05, 0.1) is 23.0 Å². The summed E-state index contributed by atoms with van der Waals surface area (Å²) in [4.78, 5) is 0. The highest BCUT2D eigenvalue weighted by Gasteiger charge is 1.96. The summed E-state index contributed by atoms with van der Waals surface area (Å²) in [5.74, 6) is 5.13. The Kier molecular flexibility index (Phi) is 1.95. The first-order chi connectivity index (χ1) is 5.27. The van der Waals surface area contributed by atoms with Crippen molar-refractivity contribution in [3.8, 4) is 6.07 Å². The first-order valence-corrected chi connectivity index (χ1v) is 3.04. The largest absolute Gasteiger partial charge is 0.397 e. The van der Waals surface area contributed by atoms with Crippen LogP contribution in [0, 0.1) is 11.3 Å². The fraction of sp³-hybridized carbons (Fsp3) is 0. The molecule has 0 radical (unpaired) electrons. The van der Waals surface area contributed by atoms with Crippen molar-refractivity contribution < 1.29 is 0 Å². The number of nitrogens with one attached hydrogen (secondary N) is 1. The Morgan fingerprint density at radius 3 is 2.73 bits per heavy atom. The average Bonchev–Trinajstić information content (AvgIpc) is 2.05. The molecule has 5 N–H and O–H groups in total. The van der Waals surface area contributed by atoms with Gasteiger partial charge in [0.2, 0.25) is 0 Å². The van der Waals surface area contributed by atoms with Crippen LogP contribution in [0.25, 0.3) is 0 Å². The second kappa shape index (κ2) is 2.90. The van der Waals surface area contributed by atoms with Gasteiger partial charge >= 0.3 is 0 Å². The normalized spacial score (nSPS) is 8.73. The molecular weight excluding hydrogens is 140 g/mol. The minimum Gasteiger partial charge on any atom is -0.397 e. The summed E-state index contributed by atoms with van der Waals surface area (Å²) in [5, 5.41) is 8.49. The van der Waals surface area contributed by atoms with Crippen molar-refractivity contribution in [3.63, 3.8) is 0 Å². The molecule has 1 aromatic carbocycles. The van der Waals surface area contributed by atoms with Gasteiger partial charge in [-0.15, -0.1) is 0 Å². The molecule has 0 saturated carbocycles. The molecule has 0 aliphatic heterocycles. The molecule has 0 aromatic heterocycles. The lowest BCUT2D eigenvalue weighted by Gasteiger charge is -2.02. The van der Waals surface area contributed by atoms with Gasteiger partial charge in [-0.1, -0.05) is 0 Å². The number of hydrazine groups is 1. The Hall–Kier alpha value is -1.73. The number of nitrogens with two attached hydrogens (primary N) is 2. The topological polar surface area (TPSA) is 87.9 Å². The van der Waals surface area contributed by atoms with Crippen LogP contribution in [0.15, 0.2) is 18.2 Å². The standard InChI is InChI=1S/C7H8N4/c8-4-5-1-2-6(9)7(3-5)11-10/h1-3,11H,9-10H2. The van der Waals surface area contributed by atoms with E-state index < -0.39 is 0 Å². The van der Waals surface area contributed by atoms with E-state index >= 15 is 0 Å². The van der Waals surface area contributed by atoms with Crippen LogP contribution in [0.2, 0.25) is 0 Å². The smallest absolute Gasteiger partial charge is 0.0992 e. The van der Waals surface area contributed by atoms with E-state index in [1.807, 2.05) is 6.07 Å². The second-order valence-corrected chi connectivity index (χ2v) is 2.06. The molecule has 0 saturated heterocycles. The van der Waals surface area contributed by atoms with Gasteiger partial charge in [-0.25, -0.2) is 0 Å². The summed E-state index contributed by atoms with van der Waals surface area (Å²) >= 11 is 0. The van der Waals surface area contributed by atoms with Gasteiger partial charge in [-0.3, -0.25) is 5.84 Å². The van der Waals surface area contributed by atoms with Gasteiger partial charge in [-0.2, -0.15) is 5.26 Å². The molecule has 0 amide bonds. The third-order valence-corrected chi connectivity index (χ3v) is 1.34. The molecule has 4 heteroatoms. The molecule has 0 aliphatic rings. The maximum atomic E-state index is 8.49. The summed E-state index contributed by atoms with van der Waals surface area (Å²) in [6.45, 7) is 0. The van der Waals surface area contributed by atoms with Crippen LogP contribution in [-0.4, -0.2) is 0 Å². The number of hydrogen-bond donors (Lipinski definition) is 3. The number of nitrogen functional groups attached to an aromatic ring is 2. The lowest BCUT2D eigenvalue weighted by Crippen LogP contribution is -2.09. The zero-order valence-electron chi connectivity index (χ0n) is 5.83. The average molecular weight is 148 g/mol. The number of nitriles is 1. The van der Waals surface area contributed by atoms with Gasteiger partial charge in [0.25, 0.3) is 0 Å². The molecule has 11 heavy (non-hydrogen) atoms. The van der Waals surface area contributed by atoms with E-state index in [1.54, 1.807) is 18.2 Å². The maximum absolute atomic E-state index is 8.49. The van der Waals surface area contributed by atoms with Crippen LogP contribution in [0.4, 0.5) is 11.4 Å². The quantitative estimate of drug-likeness (QED) is 0.306. The molecule has 1 aromatic rings. The van der Waals surface area contributed by atoms with Gasteiger partial charge in [0.15, 0.2) is 0 Å². The molecular formula is C7H8N4. The Balaban J connectivity index is 3.15. The van der Waals surface area contributed by atoms with Crippen LogP contribution in [0.5, 0.6) is 0 Å². The third kappa shape index (κ3) is 1.39. The third-order valence-electron chi connectivity index (χ3n) is 1.34. The Bertz CT molecular complexity index is 300. The highest BCUT2D eigenvalue weighted by atomic mass is 15.2. The number of anilines is 2. The van der Waals surface area contributed by atoms with Crippen LogP contribution >= 0.6 is 0 Å². The SMILES string of the molecule is N#Cc1ccc(N)c(NN)c1. The summed E-state index contributed by atoms with van der Waals surface area (Å²) in [7, 11) is 0. The summed E-state index contributed by atoms with van der Waals surface area (Å²) in [6, 6.07) is 6.84. The molecule has 0 unspecified atom stereocenters. The van der Waals surface area contributed by atoms with Crippen molar-refractivity contribution >= 4 is 11.4 Å². The van der Waals surface area contributed by atoms with Crippen LogP contribution in [-0.2, 0) is 0 Å². The predicted molar refractivity (Wildman–Crippen MR) is 43.4 cm³/mol. The van der Waals surface area contributed by atoms with E-state index in [0.29, 0.717) is 16.9 Å².